The van der Waals surface area contributed by atoms with Gasteiger partial charge in [0.15, 0.2) is 0 Å². The number of hydrogen-bond acceptors (Lipinski definition) is 4. The van der Waals surface area contributed by atoms with Gasteiger partial charge < -0.3 is 9.80 Å². The topological polar surface area (TPSA) is 66.4 Å². The Hall–Kier alpha value is -2.76. The molecular weight excluding hydrogens is 352 g/mol. The smallest absolute Gasteiger partial charge is 0.272 e. The third-order valence-corrected chi connectivity index (χ3v) is 5.42. The maximum atomic E-state index is 13.0. The number of aromatic nitrogens is 2. The van der Waals surface area contributed by atoms with Crippen molar-refractivity contribution in [3.05, 3.63) is 59.7 Å². The molecule has 1 atom stereocenters. The zero-order chi connectivity index (χ0) is 19.9. The zero-order valence-electron chi connectivity index (χ0n) is 16.7. The van der Waals surface area contributed by atoms with Crippen molar-refractivity contribution in [2.75, 3.05) is 20.1 Å². The molecular formula is C22H28N4O2. The molecule has 0 radical (unpaired) electrons. The largest absolute Gasteiger partial charge is 0.341 e. The Morgan fingerprint density at radius 2 is 1.96 bits per heavy atom. The standard InChI is InChI=1S/C22H28N4O2/c1-3-19-6-4-5-14-26(19)22(28)20-16-18(9-13-24-20)21(27)25(2)15-10-17-7-11-23-12-8-17/h7-9,11-13,16,19H,3-6,10,14-15H2,1-2H3. The summed E-state index contributed by atoms with van der Waals surface area (Å²) in [5.74, 6) is -0.170. The molecule has 2 aromatic rings. The number of likely N-dealkylation sites (N-methyl/N-ethyl adjacent to an activating group) is 1. The Bertz CT molecular complexity index is 809. The summed E-state index contributed by atoms with van der Waals surface area (Å²) in [6.07, 6.45) is 10.00. The van der Waals surface area contributed by atoms with Gasteiger partial charge in [0.1, 0.15) is 5.69 Å². The summed E-state index contributed by atoms with van der Waals surface area (Å²) < 4.78 is 0. The number of pyridine rings is 2. The average Bonchev–Trinajstić information content (AvgIpc) is 2.77. The lowest BCUT2D eigenvalue weighted by molar-refractivity contribution is 0.0602. The van der Waals surface area contributed by atoms with E-state index in [9.17, 15) is 9.59 Å². The van der Waals surface area contributed by atoms with Crippen molar-refractivity contribution in [3.8, 4) is 0 Å². The Balaban J connectivity index is 1.67. The van der Waals surface area contributed by atoms with Gasteiger partial charge in [-0.15, -0.1) is 0 Å². The molecule has 0 bridgehead atoms. The minimum Gasteiger partial charge on any atom is -0.341 e. The monoisotopic (exact) mass is 380 g/mol. The van der Waals surface area contributed by atoms with Crippen LogP contribution in [0, 0.1) is 0 Å². The molecule has 1 saturated heterocycles. The number of likely N-dealkylation sites (tertiary alicyclic amines) is 1. The van der Waals surface area contributed by atoms with Crippen LogP contribution in [0.2, 0.25) is 0 Å². The van der Waals surface area contributed by atoms with Crippen LogP contribution in [0.4, 0.5) is 0 Å². The highest BCUT2D eigenvalue weighted by Gasteiger charge is 2.27. The quantitative estimate of drug-likeness (QED) is 0.772. The van der Waals surface area contributed by atoms with E-state index in [-0.39, 0.29) is 17.9 Å². The molecule has 2 aromatic heterocycles. The first-order valence-electron chi connectivity index (χ1n) is 10.0. The van der Waals surface area contributed by atoms with E-state index in [4.69, 9.17) is 0 Å². The van der Waals surface area contributed by atoms with Crippen LogP contribution in [0.25, 0.3) is 0 Å². The third-order valence-electron chi connectivity index (χ3n) is 5.42. The molecule has 0 aromatic carbocycles. The lowest BCUT2D eigenvalue weighted by atomic mass is 9.99. The molecule has 1 unspecified atom stereocenters. The van der Waals surface area contributed by atoms with E-state index >= 15 is 0 Å². The van der Waals surface area contributed by atoms with Crippen LogP contribution in [-0.2, 0) is 6.42 Å². The van der Waals surface area contributed by atoms with Crippen LogP contribution in [-0.4, -0.2) is 57.8 Å². The third kappa shape index (κ3) is 4.74. The zero-order valence-corrected chi connectivity index (χ0v) is 16.7. The first-order chi connectivity index (χ1) is 13.6. The maximum absolute atomic E-state index is 13.0. The highest BCUT2D eigenvalue weighted by Crippen LogP contribution is 2.21. The molecule has 3 rings (SSSR count). The second kappa shape index (κ2) is 9.44. The number of carbonyl (C=O) groups is 2. The number of carbonyl (C=O) groups excluding carboxylic acids is 2. The van der Waals surface area contributed by atoms with E-state index in [1.54, 1.807) is 42.7 Å². The Kier molecular flexibility index (Phi) is 6.74. The molecule has 6 nitrogen and oxygen atoms in total. The van der Waals surface area contributed by atoms with Crippen molar-refractivity contribution in [3.63, 3.8) is 0 Å². The van der Waals surface area contributed by atoms with E-state index in [1.807, 2.05) is 17.0 Å². The van der Waals surface area contributed by atoms with Gasteiger partial charge in [0.05, 0.1) is 0 Å². The van der Waals surface area contributed by atoms with E-state index in [0.717, 1.165) is 44.2 Å². The van der Waals surface area contributed by atoms with Crippen LogP contribution >= 0.6 is 0 Å². The van der Waals surface area contributed by atoms with Gasteiger partial charge in [-0.1, -0.05) is 6.92 Å². The number of rotatable bonds is 6. The number of hydrogen-bond donors (Lipinski definition) is 0. The van der Waals surface area contributed by atoms with Gasteiger partial charge in [0.2, 0.25) is 0 Å². The van der Waals surface area contributed by atoms with Gasteiger partial charge in [-0.3, -0.25) is 19.6 Å². The second-order valence-electron chi connectivity index (χ2n) is 7.32. The van der Waals surface area contributed by atoms with Gasteiger partial charge in [-0.25, -0.2) is 0 Å². The molecule has 0 N–H and O–H groups in total. The lowest BCUT2D eigenvalue weighted by Crippen LogP contribution is -2.43. The van der Waals surface area contributed by atoms with Crippen LogP contribution in [0.1, 0.15) is 59.0 Å². The maximum Gasteiger partial charge on any atom is 0.272 e. The van der Waals surface area contributed by atoms with Crippen LogP contribution in [0.15, 0.2) is 42.9 Å². The van der Waals surface area contributed by atoms with Gasteiger partial charge in [0.25, 0.3) is 11.8 Å². The molecule has 0 spiro atoms. The van der Waals surface area contributed by atoms with E-state index in [1.165, 1.54) is 0 Å². The molecule has 3 heterocycles. The van der Waals surface area contributed by atoms with Crippen molar-refractivity contribution in [2.45, 2.75) is 45.1 Å². The molecule has 1 aliphatic rings. The van der Waals surface area contributed by atoms with Gasteiger partial charge in [-0.2, -0.15) is 0 Å². The predicted octanol–water partition coefficient (Wildman–Crippen LogP) is 3.20. The van der Waals surface area contributed by atoms with E-state index < -0.39 is 0 Å². The minimum absolute atomic E-state index is 0.0689. The number of piperidine rings is 1. The molecule has 28 heavy (non-hydrogen) atoms. The highest BCUT2D eigenvalue weighted by atomic mass is 16.2. The van der Waals surface area contributed by atoms with Crippen LogP contribution in [0.3, 0.4) is 0 Å². The summed E-state index contributed by atoms with van der Waals surface area (Å²) in [6, 6.07) is 7.48. The fourth-order valence-electron chi connectivity index (χ4n) is 3.69. The van der Waals surface area contributed by atoms with Crippen LogP contribution < -0.4 is 0 Å². The summed E-state index contributed by atoms with van der Waals surface area (Å²) in [4.78, 5) is 37.6. The highest BCUT2D eigenvalue weighted by molar-refractivity contribution is 5.98. The molecule has 1 aliphatic heterocycles. The Labute approximate surface area is 166 Å². The molecule has 148 valence electrons. The van der Waals surface area contributed by atoms with Gasteiger partial charge >= 0.3 is 0 Å². The van der Waals surface area contributed by atoms with Crippen molar-refractivity contribution in [1.82, 2.24) is 19.8 Å². The summed E-state index contributed by atoms with van der Waals surface area (Å²) >= 11 is 0. The SMILES string of the molecule is CCC1CCCCN1C(=O)c1cc(C(=O)N(C)CCc2ccncc2)ccn1. The van der Waals surface area contributed by atoms with E-state index in [2.05, 4.69) is 16.9 Å². The Morgan fingerprint density at radius 1 is 1.18 bits per heavy atom. The minimum atomic E-state index is -0.101. The molecule has 1 fully saturated rings. The Morgan fingerprint density at radius 3 is 2.71 bits per heavy atom. The lowest BCUT2D eigenvalue weighted by Gasteiger charge is -2.35. The van der Waals surface area contributed by atoms with Gasteiger partial charge in [-0.05, 0) is 61.9 Å². The molecule has 2 amide bonds. The fourth-order valence-corrected chi connectivity index (χ4v) is 3.69. The van der Waals surface area contributed by atoms with Crippen molar-refractivity contribution in [2.24, 2.45) is 0 Å². The van der Waals surface area contributed by atoms with E-state index in [0.29, 0.717) is 17.8 Å². The molecule has 6 heteroatoms. The summed E-state index contributed by atoms with van der Waals surface area (Å²) in [6.45, 7) is 3.48. The first-order valence-corrected chi connectivity index (χ1v) is 10.0. The number of nitrogens with zero attached hydrogens (tertiary/aromatic N) is 4. The van der Waals surface area contributed by atoms with Crippen molar-refractivity contribution in [1.29, 1.82) is 0 Å². The predicted molar refractivity (Wildman–Crippen MR) is 108 cm³/mol. The summed E-state index contributed by atoms with van der Waals surface area (Å²) in [5.41, 5.74) is 1.99. The molecule has 0 saturated carbocycles. The normalized spacial score (nSPS) is 16.6. The fraction of sp³-hybridized carbons (Fsp3) is 0.455. The van der Waals surface area contributed by atoms with Crippen molar-refractivity contribution >= 4 is 11.8 Å². The van der Waals surface area contributed by atoms with Crippen molar-refractivity contribution < 1.29 is 9.59 Å². The average molecular weight is 380 g/mol. The summed E-state index contributed by atoms with van der Waals surface area (Å²) in [5, 5.41) is 0. The summed E-state index contributed by atoms with van der Waals surface area (Å²) in [7, 11) is 1.78. The molecule has 0 aliphatic carbocycles. The van der Waals surface area contributed by atoms with Crippen LogP contribution in [0.5, 0.6) is 0 Å². The second-order valence-corrected chi connectivity index (χ2v) is 7.32. The first kappa shape index (κ1) is 20.0. The van der Waals surface area contributed by atoms with Gasteiger partial charge in [0, 0.05) is 50.3 Å². The number of amides is 2.